The van der Waals surface area contributed by atoms with Gasteiger partial charge < -0.3 is 14.2 Å². The summed E-state index contributed by atoms with van der Waals surface area (Å²) in [6.45, 7) is 0. The van der Waals surface area contributed by atoms with Crippen LogP contribution in [0.5, 0.6) is 11.5 Å². The van der Waals surface area contributed by atoms with Crippen molar-refractivity contribution in [3.8, 4) is 11.5 Å². The number of ether oxygens (including phenoxy) is 3. The number of para-hydroxylation sites is 1. The first-order valence-electron chi connectivity index (χ1n) is 7.12. The van der Waals surface area contributed by atoms with Crippen molar-refractivity contribution < 1.29 is 19.0 Å². The normalized spacial score (nSPS) is 15.2. The molecule has 24 heavy (non-hydrogen) atoms. The summed E-state index contributed by atoms with van der Waals surface area (Å²) >= 11 is 5.86. The van der Waals surface area contributed by atoms with E-state index < -0.39 is 5.97 Å². The average Bonchev–Trinajstić information content (AvgIpc) is 2.96. The standard InChI is InChI=1S/C18H14ClNO4/c1-22-15-5-3-4-12(16(15)23-2)10-14-18(21)24-17(20-14)11-6-8-13(19)9-7-11/h3-10H,1-2H3/b14-10+. The number of aliphatic imine (C=N–C) groups is 1. The van der Waals surface area contributed by atoms with Gasteiger partial charge in [0.25, 0.3) is 0 Å². The van der Waals surface area contributed by atoms with Crippen molar-refractivity contribution in [3.05, 3.63) is 64.3 Å². The highest BCUT2D eigenvalue weighted by molar-refractivity contribution is 6.30. The minimum Gasteiger partial charge on any atom is -0.493 e. The molecule has 0 atom stereocenters. The Morgan fingerprint density at radius 1 is 1.08 bits per heavy atom. The molecule has 1 heterocycles. The first-order chi connectivity index (χ1) is 11.6. The van der Waals surface area contributed by atoms with Crippen molar-refractivity contribution in [2.24, 2.45) is 4.99 Å². The maximum atomic E-state index is 12.1. The molecular formula is C18H14ClNO4. The third-order valence-corrected chi connectivity index (χ3v) is 3.69. The molecule has 0 aliphatic carbocycles. The van der Waals surface area contributed by atoms with Crippen LogP contribution in [0, 0.1) is 0 Å². The van der Waals surface area contributed by atoms with Crippen LogP contribution in [0.4, 0.5) is 0 Å². The van der Waals surface area contributed by atoms with E-state index in [0.717, 1.165) is 0 Å². The minimum absolute atomic E-state index is 0.187. The number of esters is 1. The zero-order valence-electron chi connectivity index (χ0n) is 13.1. The minimum atomic E-state index is -0.523. The molecule has 6 heteroatoms. The number of carbonyl (C=O) groups is 1. The van der Waals surface area contributed by atoms with Crippen molar-refractivity contribution in [1.82, 2.24) is 0 Å². The highest BCUT2D eigenvalue weighted by atomic mass is 35.5. The zero-order valence-corrected chi connectivity index (χ0v) is 13.8. The molecule has 0 spiro atoms. The Bertz CT molecular complexity index is 841. The van der Waals surface area contributed by atoms with Crippen LogP contribution in [-0.4, -0.2) is 26.1 Å². The van der Waals surface area contributed by atoms with Gasteiger partial charge in [-0.05, 0) is 36.4 Å². The van der Waals surface area contributed by atoms with Gasteiger partial charge in [0.1, 0.15) is 0 Å². The molecule has 0 unspecified atom stereocenters. The van der Waals surface area contributed by atoms with Gasteiger partial charge >= 0.3 is 5.97 Å². The van der Waals surface area contributed by atoms with Gasteiger partial charge in [-0.1, -0.05) is 23.7 Å². The van der Waals surface area contributed by atoms with E-state index in [-0.39, 0.29) is 11.6 Å². The van der Waals surface area contributed by atoms with E-state index in [4.69, 9.17) is 25.8 Å². The number of carbonyl (C=O) groups excluding carboxylic acids is 1. The molecule has 0 radical (unpaired) electrons. The van der Waals surface area contributed by atoms with Crippen molar-refractivity contribution in [1.29, 1.82) is 0 Å². The third kappa shape index (κ3) is 3.12. The number of rotatable bonds is 4. The summed E-state index contributed by atoms with van der Waals surface area (Å²) in [6, 6.07) is 12.3. The Morgan fingerprint density at radius 2 is 1.83 bits per heavy atom. The van der Waals surface area contributed by atoms with Gasteiger partial charge in [0.2, 0.25) is 5.90 Å². The maximum Gasteiger partial charge on any atom is 0.363 e. The fourth-order valence-electron chi connectivity index (χ4n) is 2.30. The van der Waals surface area contributed by atoms with Crippen molar-refractivity contribution in [2.75, 3.05) is 14.2 Å². The summed E-state index contributed by atoms with van der Waals surface area (Å²) in [5.74, 6) is 0.810. The van der Waals surface area contributed by atoms with Crippen LogP contribution in [0.1, 0.15) is 11.1 Å². The number of halogens is 1. The van der Waals surface area contributed by atoms with Crippen LogP contribution in [0.25, 0.3) is 6.08 Å². The van der Waals surface area contributed by atoms with Crippen LogP contribution in [-0.2, 0) is 9.53 Å². The Balaban J connectivity index is 1.99. The molecule has 3 rings (SSSR count). The predicted molar refractivity (Wildman–Crippen MR) is 91.6 cm³/mol. The Morgan fingerprint density at radius 3 is 2.50 bits per heavy atom. The van der Waals surface area contributed by atoms with Crippen LogP contribution < -0.4 is 9.47 Å². The van der Waals surface area contributed by atoms with E-state index >= 15 is 0 Å². The molecule has 0 N–H and O–H groups in total. The summed E-state index contributed by atoms with van der Waals surface area (Å²) in [6.07, 6.45) is 1.60. The maximum absolute atomic E-state index is 12.1. The van der Waals surface area contributed by atoms with Gasteiger partial charge in [0.05, 0.1) is 14.2 Å². The molecule has 2 aromatic rings. The number of nitrogens with zero attached hydrogens (tertiary/aromatic N) is 1. The predicted octanol–water partition coefficient (Wildman–Crippen LogP) is 3.70. The second-order valence-corrected chi connectivity index (χ2v) is 5.36. The highest BCUT2D eigenvalue weighted by Gasteiger charge is 2.24. The van der Waals surface area contributed by atoms with Crippen LogP contribution >= 0.6 is 11.6 Å². The van der Waals surface area contributed by atoms with Crippen molar-refractivity contribution in [2.45, 2.75) is 0 Å². The van der Waals surface area contributed by atoms with E-state index in [2.05, 4.69) is 4.99 Å². The zero-order chi connectivity index (χ0) is 17.1. The Labute approximate surface area is 144 Å². The molecule has 0 bridgehead atoms. The van der Waals surface area contributed by atoms with Crippen molar-refractivity contribution >= 4 is 29.5 Å². The third-order valence-electron chi connectivity index (χ3n) is 3.44. The van der Waals surface area contributed by atoms with Gasteiger partial charge in [-0.2, -0.15) is 0 Å². The van der Waals surface area contributed by atoms with Gasteiger partial charge in [0.15, 0.2) is 17.2 Å². The summed E-state index contributed by atoms with van der Waals surface area (Å²) in [7, 11) is 3.09. The van der Waals surface area contributed by atoms with E-state index in [1.54, 1.807) is 55.7 Å². The molecule has 0 amide bonds. The van der Waals surface area contributed by atoms with Gasteiger partial charge in [0, 0.05) is 16.1 Å². The lowest BCUT2D eigenvalue weighted by atomic mass is 10.1. The summed E-state index contributed by atoms with van der Waals surface area (Å²) in [4.78, 5) is 16.3. The monoisotopic (exact) mass is 343 g/mol. The van der Waals surface area contributed by atoms with Crippen LogP contribution in [0.3, 0.4) is 0 Å². The fourth-order valence-corrected chi connectivity index (χ4v) is 2.42. The number of cyclic esters (lactones) is 1. The van der Waals surface area contributed by atoms with Crippen LogP contribution in [0.15, 0.2) is 53.2 Å². The first kappa shape index (κ1) is 16.1. The molecule has 0 fully saturated rings. The van der Waals surface area contributed by atoms with Gasteiger partial charge in [-0.15, -0.1) is 0 Å². The molecule has 122 valence electrons. The van der Waals surface area contributed by atoms with E-state index in [1.807, 2.05) is 0 Å². The lowest BCUT2D eigenvalue weighted by molar-refractivity contribution is -0.129. The second-order valence-electron chi connectivity index (χ2n) is 4.93. The summed E-state index contributed by atoms with van der Waals surface area (Å²) < 4.78 is 15.8. The van der Waals surface area contributed by atoms with E-state index in [0.29, 0.717) is 27.6 Å². The average molecular weight is 344 g/mol. The smallest absolute Gasteiger partial charge is 0.363 e. The summed E-state index contributed by atoms with van der Waals surface area (Å²) in [5, 5.41) is 0.598. The first-order valence-corrected chi connectivity index (χ1v) is 7.49. The van der Waals surface area contributed by atoms with Gasteiger partial charge in [-0.3, -0.25) is 0 Å². The number of hydrogen-bond donors (Lipinski definition) is 0. The molecule has 0 saturated heterocycles. The molecular weight excluding hydrogens is 330 g/mol. The molecule has 5 nitrogen and oxygen atoms in total. The fraction of sp³-hybridized carbons (Fsp3) is 0.111. The number of hydrogen-bond acceptors (Lipinski definition) is 5. The topological polar surface area (TPSA) is 57.1 Å². The Hall–Kier alpha value is -2.79. The van der Waals surface area contributed by atoms with Crippen LogP contribution in [0.2, 0.25) is 5.02 Å². The molecule has 1 aliphatic rings. The number of methoxy groups -OCH3 is 2. The van der Waals surface area contributed by atoms with E-state index in [1.165, 1.54) is 7.11 Å². The van der Waals surface area contributed by atoms with Gasteiger partial charge in [-0.25, -0.2) is 9.79 Å². The Kier molecular flexibility index (Phi) is 4.53. The lowest BCUT2D eigenvalue weighted by Crippen LogP contribution is -2.05. The number of benzene rings is 2. The van der Waals surface area contributed by atoms with E-state index in [9.17, 15) is 4.79 Å². The molecule has 0 saturated carbocycles. The second kappa shape index (κ2) is 6.76. The molecule has 1 aliphatic heterocycles. The quantitative estimate of drug-likeness (QED) is 0.627. The highest BCUT2D eigenvalue weighted by Crippen LogP contribution is 2.33. The lowest BCUT2D eigenvalue weighted by Gasteiger charge is -2.09. The summed E-state index contributed by atoms with van der Waals surface area (Å²) in [5.41, 5.74) is 1.53. The van der Waals surface area contributed by atoms with Crippen molar-refractivity contribution in [3.63, 3.8) is 0 Å². The molecule has 2 aromatic carbocycles. The molecule has 0 aromatic heterocycles. The SMILES string of the molecule is COc1cccc(/C=C2/N=C(c3ccc(Cl)cc3)OC2=O)c1OC. The largest absolute Gasteiger partial charge is 0.493 e.